The normalized spacial score (nSPS) is 10.4. The van der Waals surface area contributed by atoms with Gasteiger partial charge in [0.1, 0.15) is 11.5 Å². The molecule has 3 aromatic rings. The Balaban J connectivity index is 1.59. The third kappa shape index (κ3) is 5.33. The lowest BCUT2D eigenvalue weighted by atomic mass is 10.1. The number of hydrogen-bond acceptors (Lipinski definition) is 7. The van der Waals surface area contributed by atoms with Crippen molar-refractivity contribution >= 4 is 39.6 Å². The maximum atomic E-state index is 12.6. The number of aromatic nitrogens is 1. The molecule has 0 saturated carbocycles. The molecule has 2 amide bonds. The Labute approximate surface area is 176 Å². The molecule has 7 nitrogen and oxygen atoms in total. The third-order valence-electron chi connectivity index (χ3n) is 4.18. The largest absolute Gasteiger partial charge is 0.497 e. The predicted molar refractivity (Wildman–Crippen MR) is 114 cm³/mol. The van der Waals surface area contributed by atoms with E-state index in [1.807, 2.05) is 23.6 Å². The number of nitrogens with zero attached hydrogens (tertiary/aromatic N) is 2. The highest BCUT2D eigenvalue weighted by atomic mass is 32.1. The molecule has 1 aromatic carbocycles. The van der Waals surface area contributed by atoms with Gasteiger partial charge in [0, 0.05) is 30.6 Å². The summed E-state index contributed by atoms with van der Waals surface area (Å²) in [5.74, 6) is 1.08. The second-order valence-corrected chi connectivity index (χ2v) is 7.99. The molecule has 9 heteroatoms. The van der Waals surface area contributed by atoms with Gasteiger partial charge in [-0.2, -0.15) is 0 Å². The van der Waals surface area contributed by atoms with Crippen molar-refractivity contribution < 1.29 is 19.1 Å². The van der Waals surface area contributed by atoms with Crippen LogP contribution >= 0.6 is 22.7 Å². The molecule has 152 valence electrons. The maximum Gasteiger partial charge on any atom is 0.267 e. The van der Waals surface area contributed by atoms with Gasteiger partial charge in [0.2, 0.25) is 5.91 Å². The number of thiazole rings is 1. The molecule has 0 spiro atoms. The second kappa shape index (κ2) is 9.53. The molecular formula is C20H21N3O4S2. The zero-order chi connectivity index (χ0) is 20.8. The van der Waals surface area contributed by atoms with Gasteiger partial charge in [-0.25, -0.2) is 4.98 Å². The van der Waals surface area contributed by atoms with Crippen molar-refractivity contribution in [1.29, 1.82) is 0 Å². The van der Waals surface area contributed by atoms with E-state index in [0.717, 1.165) is 5.56 Å². The van der Waals surface area contributed by atoms with E-state index in [2.05, 4.69) is 10.3 Å². The van der Waals surface area contributed by atoms with Crippen molar-refractivity contribution in [3.8, 4) is 11.5 Å². The van der Waals surface area contributed by atoms with E-state index in [4.69, 9.17) is 9.47 Å². The lowest BCUT2D eigenvalue weighted by Gasteiger charge is -2.19. The molecule has 0 bridgehead atoms. The van der Waals surface area contributed by atoms with Crippen LogP contribution in [0.1, 0.15) is 20.9 Å². The summed E-state index contributed by atoms with van der Waals surface area (Å²) < 4.78 is 10.6. The van der Waals surface area contributed by atoms with Crippen molar-refractivity contribution in [2.75, 3.05) is 26.6 Å². The van der Waals surface area contributed by atoms with Gasteiger partial charge >= 0.3 is 0 Å². The van der Waals surface area contributed by atoms with E-state index in [0.29, 0.717) is 33.7 Å². The first-order chi connectivity index (χ1) is 14.0. The highest BCUT2D eigenvalue weighted by Crippen LogP contribution is 2.26. The van der Waals surface area contributed by atoms with Crippen LogP contribution in [-0.4, -0.2) is 43.0 Å². The fourth-order valence-electron chi connectivity index (χ4n) is 2.63. The molecule has 0 atom stereocenters. The van der Waals surface area contributed by atoms with Crippen molar-refractivity contribution in [1.82, 2.24) is 9.88 Å². The summed E-state index contributed by atoms with van der Waals surface area (Å²) in [5.41, 5.74) is 1.50. The van der Waals surface area contributed by atoms with Gasteiger partial charge in [0.15, 0.2) is 5.13 Å². The first kappa shape index (κ1) is 20.8. The number of methoxy groups -OCH3 is 2. The summed E-state index contributed by atoms with van der Waals surface area (Å²) in [6.07, 6.45) is 0.153. The molecule has 0 saturated heterocycles. The molecule has 29 heavy (non-hydrogen) atoms. The summed E-state index contributed by atoms with van der Waals surface area (Å²) >= 11 is 2.66. The van der Waals surface area contributed by atoms with Gasteiger partial charge in [-0.05, 0) is 23.6 Å². The molecule has 0 radical (unpaired) electrons. The quantitative estimate of drug-likeness (QED) is 0.589. The van der Waals surface area contributed by atoms with E-state index >= 15 is 0 Å². The Kier molecular flexibility index (Phi) is 6.84. The monoisotopic (exact) mass is 431 g/mol. The lowest BCUT2D eigenvalue weighted by Crippen LogP contribution is -2.28. The Morgan fingerprint density at radius 1 is 1.17 bits per heavy atom. The Bertz CT molecular complexity index is 986. The molecule has 2 heterocycles. The number of anilines is 1. The molecule has 0 aliphatic carbocycles. The molecule has 0 aliphatic rings. The van der Waals surface area contributed by atoms with Crippen LogP contribution < -0.4 is 14.8 Å². The zero-order valence-electron chi connectivity index (χ0n) is 16.3. The Hall–Kier alpha value is -2.91. The zero-order valence-corrected chi connectivity index (χ0v) is 17.9. The fraction of sp³-hybridized carbons (Fsp3) is 0.250. The lowest BCUT2D eigenvalue weighted by molar-refractivity contribution is -0.129. The first-order valence-electron chi connectivity index (χ1n) is 8.74. The van der Waals surface area contributed by atoms with E-state index in [1.54, 1.807) is 43.7 Å². The number of likely N-dealkylation sites (N-methyl/N-ethyl adjacent to an activating group) is 1. The molecule has 2 aromatic heterocycles. The van der Waals surface area contributed by atoms with Crippen LogP contribution in [0.3, 0.4) is 0 Å². The SMILES string of the molecule is COc1ccc(CN(C)C(=O)Cc2csc(NC(=O)c3cccs3)n2)c(OC)c1. The minimum Gasteiger partial charge on any atom is -0.497 e. The van der Waals surface area contributed by atoms with E-state index in [9.17, 15) is 9.59 Å². The van der Waals surface area contributed by atoms with Gasteiger partial charge < -0.3 is 14.4 Å². The van der Waals surface area contributed by atoms with Crippen LogP contribution in [0.5, 0.6) is 11.5 Å². The maximum absolute atomic E-state index is 12.6. The number of amides is 2. The van der Waals surface area contributed by atoms with Crippen molar-refractivity contribution in [3.63, 3.8) is 0 Å². The van der Waals surface area contributed by atoms with Crippen molar-refractivity contribution in [2.24, 2.45) is 0 Å². The van der Waals surface area contributed by atoms with E-state index < -0.39 is 0 Å². The molecule has 0 fully saturated rings. The Morgan fingerprint density at radius 2 is 2.00 bits per heavy atom. The number of carbonyl (C=O) groups is 2. The number of thiophene rings is 1. The van der Waals surface area contributed by atoms with Crippen LogP contribution in [0.2, 0.25) is 0 Å². The van der Waals surface area contributed by atoms with Gasteiger partial charge in [0.25, 0.3) is 5.91 Å². The van der Waals surface area contributed by atoms with Crippen LogP contribution in [0.15, 0.2) is 41.1 Å². The van der Waals surface area contributed by atoms with Crippen LogP contribution in [0, 0.1) is 0 Å². The smallest absolute Gasteiger partial charge is 0.267 e. The Morgan fingerprint density at radius 3 is 2.69 bits per heavy atom. The summed E-state index contributed by atoms with van der Waals surface area (Å²) in [5, 5.41) is 6.86. The molecular weight excluding hydrogens is 410 g/mol. The number of carbonyl (C=O) groups excluding carboxylic acids is 2. The van der Waals surface area contributed by atoms with E-state index in [-0.39, 0.29) is 18.2 Å². The summed E-state index contributed by atoms with van der Waals surface area (Å²) in [6.45, 7) is 0.401. The summed E-state index contributed by atoms with van der Waals surface area (Å²) in [7, 11) is 4.91. The van der Waals surface area contributed by atoms with Crippen LogP contribution in [0.25, 0.3) is 0 Å². The average molecular weight is 432 g/mol. The topological polar surface area (TPSA) is 80.8 Å². The number of hydrogen-bond donors (Lipinski definition) is 1. The minimum atomic E-state index is -0.198. The highest BCUT2D eigenvalue weighted by Gasteiger charge is 2.16. The van der Waals surface area contributed by atoms with Crippen LogP contribution in [0.4, 0.5) is 5.13 Å². The standard InChI is InChI=1S/C20H21N3O4S2/c1-23(11-13-6-7-15(26-2)10-16(13)27-3)18(24)9-14-12-29-20(21-14)22-19(25)17-5-4-8-28-17/h4-8,10,12H,9,11H2,1-3H3,(H,21,22,25). The van der Waals surface area contributed by atoms with Crippen molar-refractivity contribution in [2.45, 2.75) is 13.0 Å². The van der Waals surface area contributed by atoms with Crippen molar-refractivity contribution in [3.05, 3.63) is 57.2 Å². The van der Waals surface area contributed by atoms with Gasteiger partial charge in [-0.1, -0.05) is 6.07 Å². The first-order valence-corrected chi connectivity index (χ1v) is 10.5. The number of benzene rings is 1. The van der Waals surface area contributed by atoms with Gasteiger partial charge in [0.05, 0.1) is 31.2 Å². The van der Waals surface area contributed by atoms with Crippen LogP contribution in [-0.2, 0) is 17.8 Å². The predicted octanol–water partition coefficient (Wildman–Crippen LogP) is 3.68. The third-order valence-corrected chi connectivity index (χ3v) is 5.85. The second-order valence-electron chi connectivity index (χ2n) is 6.18. The molecule has 1 N–H and O–H groups in total. The summed E-state index contributed by atoms with van der Waals surface area (Å²) in [4.78, 5) is 31.3. The van der Waals surface area contributed by atoms with E-state index in [1.165, 1.54) is 22.7 Å². The summed E-state index contributed by atoms with van der Waals surface area (Å²) in [6, 6.07) is 9.07. The number of rotatable bonds is 8. The minimum absolute atomic E-state index is 0.0793. The number of nitrogens with one attached hydrogen (secondary N) is 1. The number of ether oxygens (including phenoxy) is 2. The molecule has 0 aliphatic heterocycles. The average Bonchev–Trinajstić information content (AvgIpc) is 3.40. The van der Waals surface area contributed by atoms with Gasteiger partial charge in [-0.15, -0.1) is 22.7 Å². The molecule has 3 rings (SSSR count). The molecule has 0 unspecified atom stereocenters. The van der Waals surface area contributed by atoms with Gasteiger partial charge in [-0.3, -0.25) is 14.9 Å². The highest BCUT2D eigenvalue weighted by molar-refractivity contribution is 7.14. The fourth-order valence-corrected chi connectivity index (χ4v) is 3.95.